The highest BCUT2D eigenvalue weighted by molar-refractivity contribution is 6.01. The summed E-state index contributed by atoms with van der Waals surface area (Å²) in [5, 5.41) is 21.8. The second-order valence-electron chi connectivity index (χ2n) is 10.1. The Kier molecular flexibility index (Phi) is 6.96. The van der Waals surface area contributed by atoms with Crippen LogP contribution in [0.3, 0.4) is 0 Å². The smallest absolute Gasteiger partial charge is 0.256 e. The zero-order chi connectivity index (χ0) is 26.1. The van der Waals surface area contributed by atoms with E-state index in [1.54, 1.807) is 10.7 Å². The number of pyridine rings is 1. The lowest BCUT2D eigenvalue weighted by atomic mass is 9.93. The predicted molar refractivity (Wildman–Crippen MR) is 144 cm³/mol. The monoisotopic (exact) mass is 518 g/mol. The molecule has 4 aromatic heterocycles. The number of aliphatic hydroxyl groups is 1. The number of aliphatic hydroxyl groups excluding tert-OH is 1. The van der Waals surface area contributed by atoms with Crippen LogP contribution in [0.25, 0.3) is 27.9 Å². The number of nitrogens with zero attached hydrogens (tertiary/aromatic N) is 6. The Morgan fingerprint density at radius 2 is 2.08 bits per heavy atom. The van der Waals surface area contributed by atoms with Gasteiger partial charge in [-0.1, -0.05) is 0 Å². The lowest BCUT2D eigenvalue weighted by Crippen LogP contribution is -2.39. The minimum atomic E-state index is -0.368. The molecule has 1 saturated carbocycles. The van der Waals surface area contributed by atoms with E-state index in [1.807, 2.05) is 25.4 Å². The van der Waals surface area contributed by atoms with Gasteiger partial charge in [0, 0.05) is 68.7 Å². The minimum Gasteiger partial charge on any atom is -0.393 e. The van der Waals surface area contributed by atoms with E-state index in [0.29, 0.717) is 17.6 Å². The first kappa shape index (κ1) is 24.8. The third kappa shape index (κ3) is 4.84. The molecule has 200 valence electrons. The van der Waals surface area contributed by atoms with Gasteiger partial charge < -0.3 is 25.0 Å². The quantitative estimate of drug-likeness (QED) is 0.340. The van der Waals surface area contributed by atoms with Crippen LogP contribution >= 0.6 is 0 Å². The first-order chi connectivity index (χ1) is 18.6. The minimum absolute atomic E-state index is 0.0522. The SMILES string of the molecule is CNc1cc(-c2cn(CCN3CCOCC3)c3ncccc23)nc2c(C(=O)N[C@H]3CCC[C@H](O)C3)cnn12. The Morgan fingerprint density at radius 1 is 1.21 bits per heavy atom. The van der Waals surface area contributed by atoms with E-state index in [-0.39, 0.29) is 18.1 Å². The van der Waals surface area contributed by atoms with Crippen LogP contribution in [0, 0.1) is 0 Å². The largest absolute Gasteiger partial charge is 0.393 e. The molecule has 2 atom stereocenters. The summed E-state index contributed by atoms with van der Waals surface area (Å²) in [6.45, 7) is 5.15. The van der Waals surface area contributed by atoms with Gasteiger partial charge in [0.1, 0.15) is 17.0 Å². The number of hydrogen-bond acceptors (Lipinski definition) is 8. The fraction of sp³-hybridized carbons (Fsp3) is 0.481. The number of ether oxygens (including phenoxy) is 1. The number of nitrogens with one attached hydrogen (secondary N) is 2. The van der Waals surface area contributed by atoms with Gasteiger partial charge >= 0.3 is 0 Å². The molecule has 4 aromatic rings. The summed E-state index contributed by atoms with van der Waals surface area (Å²) in [5.41, 5.74) is 3.51. The van der Waals surface area contributed by atoms with E-state index < -0.39 is 0 Å². The number of amides is 1. The highest BCUT2D eigenvalue weighted by Gasteiger charge is 2.25. The average molecular weight is 519 g/mol. The van der Waals surface area contributed by atoms with Crippen molar-refractivity contribution >= 4 is 28.4 Å². The van der Waals surface area contributed by atoms with Gasteiger partial charge in [-0.25, -0.2) is 9.97 Å². The van der Waals surface area contributed by atoms with Crippen LogP contribution in [0.15, 0.2) is 36.8 Å². The molecule has 1 aliphatic heterocycles. The molecule has 0 bridgehead atoms. The summed E-state index contributed by atoms with van der Waals surface area (Å²) >= 11 is 0. The molecule has 38 heavy (non-hydrogen) atoms. The second-order valence-corrected chi connectivity index (χ2v) is 10.1. The number of carbonyl (C=O) groups excluding carboxylic acids is 1. The zero-order valence-corrected chi connectivity index (χ0v) is 21.6. The third-order valence-corrected chi connectivity index (χ3v) is 7.62. The molecule has 5 heterocycles. The van der Waals surface area contributed by atoms with Crippen LogP contribution < -0.4 is 10.6 Å². The first-order valence-electron chi connectivity index (χ1n) is 13.4. The fourth-order valence-electron chi connectivity index (χ4n) is 5.57. The van der Waals surface area contributed by atoms with Crippen LogP contribution in [0.4, 0.5) is 5.82 Å². The van der Waals surface area contributed by atoms with Crippen molar-refractivity contribution < 1.29 is 14.6 Å². The number of rotatable bonds is 7. The zero-order valence-electron chi connectivity index (χ0n) is 21.6. The normalized spacial score (nSPS) is 20.7. The standard InChI is InChI=1S/C27H34N8O3/c1-28-24-15-23(32-26-21(16-30-35(24)26)27(37)31-18-4-2-5-19(36)14-18)22-17-34(25-20(22)6-3-7-29-25)9-8-33-10-12-38-13-11-33/h3,6-7,15-19,28,36H,2,4-5,8-14H2,1H3,(H,31,37)/t18-,19-/m0/s1. The molecule has 1 amide bonds. The number of hydrogen-bond donors (Lipinski definition) is 3. The van der Waals surface area contributed by atoms with Crippen molar-refractivity contribution in [3.8, 4) is 11.3 Å². The van der Waals surface area contributed by atoms with Gasteiger partial charge in [0.15, 0.2) is 5.65 Å². The molecule has 0 spiro atoms. The number of anilines is 1. The number of aromatic nitrogens is 5. The van der Waals surface area contributed by atoms with Crippen LogP contribution in [-0.2, 0) is 11.3 Å². The van der Waals surface area contributed by atoms with Crippen molar-refractivity contribution in [2.45, 2.75) is 44.4 Å². The number of fused-ring (bicyclic) bond motifs is 2. The molecule has 3 N–H and O–H groups in total. The van der Waals surface area contributed by atoms with E-state index in [1.165, 1.54) is 0 Å². The van der Waals surface area contributed by atoms with Crippen molar-refractivity contribution in [3.63, 3.8) is 0 Å². The van der Waals surface area contributed by atoms with E-state index >= 15 is 0 Å². The maximum atomic E-state index is 13.3. The molecule has 11 nitrogen and oxygen atoms in total. The van der Waals surface area contributed by atoms with Gasteiger partial charge in [0.25, 0.3) is 5.91 Å². The van der Waals surface area contributed by atoms with Crippen LogP contribution in [-0.4, -0.2) is 92.1 Å². The van der Waals surface area contributed by atoms with Gasteiger partial charge in [0.05, 0.1) is 31.2 Å². The average Bonchev–Trinajstić information content (AvgIpc) is 3.54. The first-order valence-corrected chi connectivity index (χ1v) is 13.4. The molecule has 11 heteroatoms. The molecular weight excluding hydrogens is 484 g/mol. The molecule has 6 rings (SSSR count). The molecule has 1 aliphatic carbocycles. The fourth-order valence-corrected chi connectivity index (χ4v) is 5.57. The Bertz CT molecular complexity index is 1440. The predicted octanol–water partition coefficient (Wildman–Crippen LogP) is 2.15. The van der Waals surface area contributed by atoms with Gasteiger partial charge in [0.2, 0.25) is 0 Å². The number of carbonyl (C=O) groups is 1. The molecule has 0 radical (unpaired) electrons. The van der Waals surface area contributed by atoms with Crippen molar-refractivity contribution in [1.82, 2.24) is 34.4 Å². The van der Waals surface area contributed by atoms with Gasteiger partial charge in [-0.2, -0.15) is 9.61 Å². The van der Waals surface area contributed by atoms with Gasteiger partial charge in [-0.3, -0.25) is 9.69 Å². The molecule has 0 unspecified atom stereocenters. The van der Waals surface area contributed by atoms with Crippen molar-refractivity contribution in [3.05, 3.63) is 42.4 Å². The van der Waals surface area contributed by atoms with E-state index in [4.69, 9.17) is 9.72 Å². The van der Waals surface area contributed by atoms with E-state index in [9.17, 15) is 9.90 Å². The van der Waals surface area contributed by atoms with Gasteiger partial charge in [-0.05, 0) is 37.8 Å². The lowest BCUT2D eigenvalue weighted by molar-refractivity contribution is 0.0365. The highest BCUT2D eigenvalue weighted by atomic mass is 16.5. The topological polar surface area (TPSA) is 122 Å². The summed E-state index contributed by atoms with van der Waals surface area (Å²) in [6.07, 6.45) is 8.24. The third-order valence-electron chi connectivity index (χ3n) is 7.62. The van der Waals surface area contributed by atoms with Gasteiger partial charge in [-0.15, -0.1) is 0 Å². The summed E-state index contributed by atoms with van der Waals surface area (Å²) in [7, 11) is 1.83. The van der Waals surface area contributed by atoms with E-state index in [2.05, 4.69) is 42.4 Å². The van der Waals surface area contributed by atoms with Crippen LogP contribution in [0.5, 0.6) is 0 Å². The van der Waals surface area contributed by atoms with E-state index in [0.717, 1.165) is 86.8 Å². The Morgan fingerprint density at radius 3 is 2.89 bits per heavy atom. The Labute approximate surface area is 220 Å². The molecule has 0 aromatic carbocycles. The molecule has 2 fully saturated rings. The van der Waals surface area contributed by atoms with Crippen molar-refractivity contribution in [2.24, 2.45) is 0 Å². The summed E-state index contributed by atoms with van der Waals surface area (Å²) in [6, 6.07) is 5.90. The molecule has 2 aliphatic rings. The highest BCUT2D eigenvalue weighted by Crippen LogP contribution is 2.31. The number of morpholine rings is 1. The molecule has 1 saturated heterocycles. The molecular formula is C27H34N8O3. The summed E-state index contributed by atoms with van der Waals surface area (Å²) in [4.78, 5) is 25.3. The summed E-state index contributed by atoms with van der Waals surface area (Å²) < 4.78 is 9.33. The van der Waals surface area contributed by atoms with Crippen molar-refractivity contribution in [2.75, 3.05) is 45.2 Å². The Hall–Kier alpha value is -3.54. The van der Waals surface area contributed by atoms with Crippen LogP contribution in [0.1, 0.15) is 36.0 Å². The van der Waals surface area contributed by atoms with Crippen molar-refractivity contribution in [1.29, 1.82) is 0 Å². The second kappa shape index (κ2) is 10.7. The van der Waals surface area contributed by atoms with Crippen LogP contribution in [0.2, 0.25) is 0 Å². The Balaban J connectivity index is 1.35. The lowest BCUT2D eigenvalue weighted by Gasteiger charge is -2.26. The summed E-state index contributed by atoms with van der Waals surface area (Å²) in [5.74, 6) is 0.510. The maximum absolute atomic E-state index is 13.3. The maximum Gasteiger partial charge on any atom is 0.256 e.